The number of ether oxygens (including phenoxy) is 1. The molecule has 1 aliphatic heterocycles. The normalized spacial score (nSPS) is 20.1. The second-order valence-electron chi connectivity index (χ2n) is 4.33. The van der Waals surface area contributed by atoms with Crippen molar-refractivity contribution >= 4 is 0 Å². The van der Waals surface area contributed by atoms with Crippen LogP contribution in [0.1, 0.15) is 18.4 Å². The van der Waals surface area contributed by atoms with Crippen LogP contribution in [-0.2, 0) is 10.2 Å². The third-order valence-electron chi connectivity index (χ3n) is 3.37. The molecule has 2 rings (SSSR count). The second-order valence-corrected chi connectivity index (χ2v) is 4.33. The fourth-order valence-electron chi connectivity index (χ4n) is 2.49. The standard InChI is InChI=1S/C13H19NO/c1-15-11-13(7-9-14-10-8-13)12-5-3-2-4-6-12/h2-6,14H,7-11H2,1H3. The van der Waals surface area contributed by atoms with E-state index in [1.165, 1.54) is 18.4 Å². The van der Waals surface area contributed by atoms with Crippen molar-refractivity contribution in [3.63, 3.8) is 0 Å². The molecule has 1 fully saturated rings. The zero-order chi connectivity index (χ0) is 10.6. The molecular formula is C13H19NO. The summed E-state index contributed by atoms with van der Waals surface area (Å²) in [6, 6.07) is 10.8. The van der Waals surface area contributed by atoms with Gasteiger partial charge < -0.3 is 10.1 Å². The van der Waals surface area contributed by atoms with E-state index < -0.39 is 0 Å². The van der Waals surface area contributed by atoms with Gasteiger partial charge in [0.1, 0.15) is 0 Å². The van der Waals surface area contributed by atoms with Gasteiger partial charge in [-0.3, -0.25) is 0 Å². The molecular weight excluding hydrogens is 186 g/mol. The van der Waals surface area contributed by atoms with Gasteiger partial charge in [0.2, 0.25) is 0 Å². The van der Waals surface area contributed by atoms with E-state index in [1.807, 2.05) is 0 Å². The van der Waals surface area contributed by atoms with Crippen LogP contribution in [0.25, 0.3) is 0 Å². The molecule has 0 radical (unpaired) electrons. The molecule has 0 aliphatic carbocycles. The Morgan fingerprint density at radius 3 is 2.47 bits per heavy atom. The molecule has 1 aliphatic rings. The van der Waals surface area contributed by atoms with Gasteiger partial charge in [0, 0.05) is 12.5 Å². The highest BCUT2D eigenvalue weighted by Crippen LogP contribution is 2.33. The SMILES string of the molecule is COCC1(c2ccccc2)CCNCC1. The maximum absolute atomic E-state index is 5.41. The summed E-state index contributed by atoms with van der Waals surface area (Å²) in [4.78, 5) is 0. The minimum Gasteiger partial charge on any atom is -0.384 e. The summed E-state index contributed by atoms with van der Waals surface area (Å²) < 4.78 is 5.41. The molecule has 0 aromatic heterocycles. The van der Waals surface area contributed by atoms with E-state index in [2.05, 4.69) is 35.6 Å². The minimum absolute atomic E-state index is 0.237. The topological polar surface area (TPSA) is 21.3 Å². The molecule has 1 heterocycles. The predicted octanol–water partition coefficient (Wildman–Crippen LogP) is 1.95. The zero-order valence-electron chi connectivity index (χ0n) is 9.33. The first-order valence-corrected chi connectivity index (χ1v) is 5.63. The molecule has 15 heavy (non-hydrogen) atoms. The van der Waals surface area contributed by atoms with E-state index in [0.29, 0.717) is 0 Å². The fourth-order valence-corrected chi connectivity index (χ4v) is 2.49. The number of rotatable bonds is 3. The van der Waals surface area contributed by atoms with E-state index >= 15 is 0 Å². The van der Waals surface area contributed by atoms with Crippen molar-refractivity contribution < 1.29 is 4.74 Å². The highest BCUT2D eigenvalue weighted by Gasteiger charge is 2.33. The third kappa shape index (κ3) is 2.21. The van der Waals surface area contributed by atoms with Crippen LogP contribution in [0.2, 0.25) is 0 Å². The number of hydrogen-bond acceptors (Lipinski definition) is 2. The molecule has 1 N–H and O–H groups in total. The Hall–Kier alpha value is -0.860. The Balaban J connectivity index is 2.25. The Labute approximate surface area is 91.6 Å². The van der Waals surface area contributed by atoms with Crippen molar-refractivity contribution in [2.75, 3.05) is 26.8 Å². The van der Waals surface area contributed by atoms with Crippen molar-refractivity contribution in [2.24, 2.45) is 0 Å². The molecule has 82 valence electrons. The summed E-state index contributed by atoms with van der Waals surface area (Å²) in [7, 11) is 1.80. The smallest absolute Gasteiger partial charge is 0.0560 e. The van der Waals surface area contributed by atoms with Crippen LogP contribution in [0.3, 0.4) is 0 Å². The largest absolute Gasteiger partial charge is 0.384 e. The van der Waals surface area contributed by atoms with Crippen molar-refractivity contribution in [2.45, 2.75) is 18.3 Å². The molecule has 0 saturated carbocycles. The van der Waals surface area contributed by atoms with Gasteiger partial charge in [0.25, 0.3) is 0 Å². The predicted molar refractivity (Wildman–Crippen MR) is 62.1 cm³/mol. The number of nitrogens with one attached hydrogen (secondary N) is 1. The van der Waals surface area contributed by atoms with E-state index in [4.69, 9.17) is 4.74 Å². The van der Waals surface area contributed by atoms with Crippen LogP contribution in [0.5, 0.6) is 0 Å². The van der Waals surface area contributed by atoms with Crippen molar-refractivity contribution in [1.82, 2.24) is 5.32 Å². The lowest BCUT2D eigenvalue weighted by atomic mass is 9.74. The summed E-state index contributed by atoms with van der Waals surface area (Å²) in [5.74, 6) is 0. The maximum atomic E-state index is 5.41. The molecule has 0 atom stereocenters. The lowest BCUT2D eigenvalue weighted by Gasteiger charge is -2.37. The van der Waals surface area contributed by atoms with Gasteiger partial charge in [-0.25, -0.2) is 0 Å². The second kappa shape index (κ2) is 4.77. The van der Waals surface area contributed by atoms with Crippen molar-refractivity contribution in [3.8, 4) is 0 Å². The summed E-state index contributed by atoms with van der Waals surface area (Å²) in [5.41, 5.74) is 1.66. The quantitative estimate of drug-likeness (QED) is 0.814. The van der Waals surface area contributed by atoms with Crippen LogP contribution in [-0.4, -0.2) is 26.8 Å². The van der Waals surface area contributed by atoms with Crippen LogP contribution in [0, 0.1) is 0 Å². The first-order valence-electron chi connectivity index (χ1n) is 5.63. The number of benzene rings is 1. The molecule has 1 aromatic rings. The third-order valence-corrected chi connectivity index (χ3v) is 3.37. The maximum Gasteiger partial charge on any atom is 0.0560 e. The Kier molecular flexibility index (Phi) is 3.39. The van der Waals surface area contributed by atoms with Gasteiger partial charge in [-0.1, -0.05) is 30.3 Å². The Bertz CT molecular complexity index is 285. The molecule has 0 spiro atoms. The summed E-state index contributed by atoms with van der Waals surface area (Å²) in [6.07, 6.45) is 2.34. The molecule has 2 heteroatoms. The van der Waals surface area contributed by atoms with Gasteiger partial charge in [0.05, 0.1) is 6.61 Å². The molecule has 0 bridgehead atoms. The first kappa shape index (κ1) is 10.7. The van der Waals surface area contributed by atoms with Crippen molar-refractivity contribution in [1.29, 1.82) is 0 Å². The highest BCUT2D eigenvalue weighted by atomic mass is 16.5. The lowest BCUT2D eigenvalue weighted by molar-refractivity contribution is 0.108. The van der Waals surface area contributed by atoms with Gasteiger partial charge in [0.15, 0.2) is 0 Å². The molecule has 0 unspecified atom stereocenters. The van der Waals surface area contributed by atoms with Crippen LogP contribution < -0.4 is 5.32 Å². The Morgan fingerprint density at radius 1 is 1.20 bits per heavy atom. The lowest BCUT2D eigenvalue weighted by Crippen LogP contribution is -2.42. The van der Waals surface area contributed by atoms with E-state index in [0.717, 1.165) is 19.7 Å². The van der Waals surface area contributed by atoms with Gasteiger partial charge >= 0.3 is 0 Å². The monoisotopic (exact) mass is 205 g/mol. The van der Waals surface area contributed by atoms with E-state index in [9.17, 15) is 0 Å². The number of hydrogen-bond donors (Lipinski definition) is 1. The van der Waals surface area contributed by atoms with Crippen molar-refractivity contribution in [3.05, 3.63) is 35.9 Å². The van der Waals surface area contributed by atoms with Crippen LogP contribution >= 0.6 is 0 Å². The Morgan fingerprint density at radius 2 is 1.87 bits per heavy atom. The average molecular weight is 205 g/mol. The zero-order valence-corrected chi connectivity index (χ0v) is 9.33. The molecule has 1 saturated heterocycles. The summed E-state index contributed by atoms with van der Waals surface area (Å²) in [5, 5.41) is 3.41. The minimum atomic E-state index is 0.237. The molecule has 1 aromatic carbocycles. The van der Waals surface area contributed by atoms with E-state index in [1.54, 1.807) is 7.11 Å². The van der Waals surface area contributed by atoms with Gasteiger partial charge in [-0.2, -0.15) is 0 Å². The number of piperidine rings is 1. The summed E-state index contributed by atoms with van der Waals surface area (Å²) in [6.45, 7) is 3.02. The average Bonchev–Trinajstić information content (AvgIpc) is 2.32. The number of methoxy groups -OCH3 is 1. The molecule has 0 amide bonds. The summed E-state index contributed by atoms with van der Waals surface area (Å²) >= 11 is 0. The highest BCUT2D eigenvalue weighted by molar-refractivity contribution is 5.26. The first-order chi connectivity index (χ1) is 7.37. The van der Waals surface area contributed by atoms with Gasteiger partial charge in [-0.15, -0.1) is 0 Å². The van der Waals surface area contributed by atoms with Crippen LogP contribution in [0.15, 0.2) is 30.3 Å². The fraction of sp³-hybridized carbons (Fsp3) is 0.538. The van der Waals surface area contributed by atoms with Crippen LogP contribution in [0.4, 0.5) is 0 Å². The van der Waals surface area contributed by atoms with E-state index in [-0.39, 0.29) is 5.41 Å². The molecule has 2 nitrogen and oxygen atoms in total. The van der Waals surface area contributed by atoms with Gasteiger partial charge in [-0.05, 0) is 31.5 Å².